The van der Waals surface area contributed by atoms with Crippen molar-refractivity contribution in [3.8, 4) is 5.75 Å². The molecule has 1 amide bonds. The van der Waals surface area contributed by atoms with Gasteiger partial charge in [0.25, 0.3) is 5.91 Å². The predicted molar refractivity (Wildman–Crippen MR) is 157 cm³/mol. The van der Waals surface area contributed by atoms with Crippen molar-refractivity contribution in [2.24, 2.45) is 17.8 Å². The molecule has 2 aromatic carbocycles. The summed E-state index contributed by atoms with van der Waals surface area (Å²) in [5, 5.41) is 15.2. The van der Waals surface area contributed by atoms with E-state index < -0.39 is 17.6 Å². The lowest BCUT2D eigenvalue weighted by Gasteiger charge is -2.16. The van der Waals surface area contributed by atoms with Crippen LogP contribution in [0.4, 0.5) is 26.0 Å². The molecule has 3 atom stereocenters. The van der Waals surface area contributed by atoms with E-state index in [2.05, 4.69) is 20.6 Å². The third-order valence-corrected chi connectivity index (χ3v) is 8.44. The van der Waals surface area contributed by atoms with Crippen LogP contribution in [0.5, 0.6) is 5.75 Å². The van der Waals surface area contributed by atoms with Crippen molar-refractivity contribution < 1.29 is 32.9 Å². The summed E-state index contributed by atoms with van der Waals surface area (Å²) in [6, 6.07) is 7.51. The minimum absolute atomic E-state index is 0.0248. The molecular weight excluding hydrogens is 584 g/mol. The van der Waals surface area contributed by atoms with Crippen LogP contribution in [0, 0.1) is 23.6 Å². The molecule has 1 aliphatic carbocycles. The molecule has 2 aliphatic heterocycles. The molecule has 3 N–H and O–H groups in total. The minimum Gasteiger partial charge on any atom is -0.491 e. The number of halogens is 3. The summed E-state index contributed by atoms with van der Waals surface area (Å²) in [7, 11) is 0. The van der Waals surface area contributed by atoms with Crippen molar-refractivity contribution in [3.63, 3.8) is 0 Å². The van der Waals surface area contributed by atoms with E-state index in [1.807, 2.05) is 4.90 Å². The maximum atomic E-state index is 15.0. The fourth-order valence-electron chi connectivity index (χ4n) is 5.71. The topological polar surface area (TPSA) is 118 Å². The van der Waals surface area contributed by atoms with E-state index in [4.69, 9.17) is 30.9 Å². The van der Waals surface area contributed by atoms with Crippen LogP contribution in [-0.4, -0.2) is 84.7 Å². The minimum atomic E-state index is -0.928. The number of aliphatic hydroxyl groups is 1. The van der Waals surface area contributed by atoms with E-state index in [-0.39, 0.29) is 36.6 Å². The Hall–Kier alpha value is -3.42. The average Bonchev–Trinajstić information content (AvgIpc) is 3.32. The van der Waals surface area contributed by atoms with Gasteiger partial charge in [-0.2, -0.15) is 0 Å². The van der Waals surface area contributed by atoms with Crippen molar-refractivity contribution >= 4 is 45.6 Å². The van der Waals surface area contributed by atoms with Gasteiger partial charge in [0.1, 0.15) is 23.7 Å². The lowest BCUT2D eigenvalue weighted by Crippen LogP contribution is -2.25. The number of nitrogens with zero attached hydrogens (tertiary/aromatic N) is 3. The van der Waals surface area contributed by atoms with Gasteiger partial charge in [-0.3, -0.25) is 9.69 Å². The van der Waals surface area contributed by atoms with Gasteiger partial charge in [-0.25, -0.2) is 18.7 Å². The molecule has 43 heavy (non-hydrogen) atoms. The molecular formula is C30H32ClF2N5O5. The summed E-state index contributed by atoms with van der Waals surface area (Å²) < 4.78 is 45.9. The molecule has 228 valence electrons. The Morgan fingerprint density at radius 2 is 2.07 bits per heavy atom. The van der Waals surface area contributed by atoms with Gasteiger partial charge in [-0.05, 0) is 48.6 Å². The summed E-state index contributed by atoms with van der Waals surface area (Å²) >= 11 is 5.95. The predicted octanol–water partition coefficient (Wildman–Crippen LogP) is 4.31. The molecule has 3 fully saturated rings. The summed E-state index contributed by atoms with van der Waals surface area (Å²) in [6.45, 7) is 3.63. The van der Waals surface area contributed by atoms with Crippen LogP contribution in [0.3, 0.4) is 0 Å². The maximum Gasteiger partial charge on any atom is 0.284 e. The van der Waals surface area contributed by atoms with Crippen LogP contribution >= 0.6 is 11.6 Å². The number of rotatable bonds is 12. The van der Waals surface area contributed by atoms with Crippen LogP contribution in [0.1, 0.15) is 6.42 Å². The summed E-state index contributed by atoms with van der Waals surface area (Å²) in [5.41, 5.74) is 1.29. The SMILES string of the molecule is O=C(Nc1cc2c(Nc3ccc(F)c(Cl)c3)ncnc2cc1OCC1C2COCC21)C(F)=CCN1CCC(OCCO)C1. The lowest BCUT2D eigenvalue weighted by molar-refractivity contribution is -0.114. The normalized spacial score (nSPS) is 23.4. The molecule has 0 radical (unpaired) electrons. The van der Waals surface area contributed by atoms with Crippen LogP contribution in [0.25, 0.3) is 10.9 Å². The Balaban J connectivity index is 1.21. The zero-order valence-corrected chi connectivity index (χ0v) is 24.0. The quantitative estimate of drug-likeness (QED) is 0.256. The van der Waals surface area contributed by atoms with Crippen LogP contribution in [0.2, 0.25) is 5.02 Å². The Morgan fingerprint density at radius 1 is 1.23 bits per heavy atom. The van der Waals surface area contributed by atoms with E-state index in [1.54, 1.807) is 12.1 Å². The Morgan fingerprint density at radius 3 is 2.86 bits per heavy atom. The number of carbonyl (C=O) groups is 1. The first-order valence-electron chi connectivity index (χ1n) is 14.2. The Labute approximate surface area is 252 Å². The average molecular weight is 616 g/mol. The Kier molecular flexibility index (Phi) is 9.01. The second-order valence-electron chi connectivity index (χ2n) is 11.0. The zero-order valence-electron chi connectivity index (χ0n) is 23.3. The van der Waals surface area contributed by atoms with Crippen LogP contribution in [0.15, 0.2) is 48.6 Å². The number of nitrogens with one attached hydrogen (secondary N) is 2. The third-order valence-electron chi connectivity index (χ3n) is 8.15. The van der Waals surface area contributed by atoms with E-state index in [1.165, 1.54) is 30.6 Å². The van der Waals surface area contributed by atoms with Gasteiger partial charge >= 0.3 is 0 Å². The van der Waals surface area contributed by atoms with E-state index in [9.17, 15) is 9.18 Å². The molecule has 1 saturated carbocycles. The third kappa shape index (κ3) is 6.89. The molecule has 6 rings (SSSR count). The van der Waals surface area contributed by atoms with Crippen LogP contribution in [-0.2, 0) is 14.3 Å². The molecule has 13 heteroatoms. The molecule has 0 bridgehead atoms. The van der Waals surface area contributed by atoms with E-state index in [0.29, 0.717) is 65.6 Å². The molecule has 3 heterocycles. The van der Waals surface area contributed by atoms with E-state index in [0.717, 1.165) is 19.6 Å². The smallest absolute Gasteiger partial charge is 0.284 e. The van der Waals surface area contributed by atoms with Crippen LogP contribution < -0.4 is 15.4 Å². The number of ether oxygens (including phenoxy) is 3. The van der Waals surface area contributed by atoms with Gasteiger partial charge in [0.15, 0.2) is 5.83 Å². The fourth-order valence-corrected chi connectivity index (χ4v) is 5.89. The maximum absolute atomic E-state index is 15.0. The number of carbonyl (C=O) groups excluding carboxylic acids is 1. The number of anilines is 3. The van der Waals surface area contributed by atoms with Crippen molar-refractivity contribution in [3.05, 3.63) is 59.4 Å². The number of amides is 1. The number of fused-ring (bicyclic) bond motifs is 2. The standard InChI is InChI=1S/C30H32ClF2N5O5/c31-23-9-17(1-2-24(23)32)36-29-19-10-27(37-30(40)25(33)4-6-38-5-3-18(12-38)42-8-7-39)28(11-26(19)34-16-35-29)43-15-22-20-13-41-14-21(20)22/h1-2,4,9-11,16,18,20-22,39H,3,5-8,12-15H2,(H,37,40)(H,34,35,36). The molecule has 1 aromatic heterocycles. The van der Waals surface area contributed by atoms with Gasteiger partial charge in [0, 0.05) is 42.7 Å². The van der Waals surface area contributed by atoms with Gasteiger partial charge in [0.05, 0.1) is 55.4 Å². The Bertz CT molecular complexity index is 1520. The first-order valence-corrected chi connectivity index (χ1v) is 14.6. The molecule has 3 aromatic rings. The molecule has 2 saturated heterocycles. The molecule has 3 unspecified atom stereocenters. The molecule has 0 spiro atoms. The lowest BCUT2D eigenvalue weighted by atomic mass is 10.1. The number of benzene rings is 2. The second kappa shape index (κ2) is 13.1. The van der Waals surface area contributed by atoms with Crippen molar-refractivity contribution in [2.45, 2.75) is 12.5 Å². The summed E-state index contributed by atoms with van der Waals surface area (Å²) in [4.78, 5) is 23.6. The molecule has 3 aliphatic rings. The largest absolute Gasteiger partial charge is 0.491 e. The number of hydrogen-bond acceptors (Lipinski definition) is 9. The van der Waals surface area contributed by atoms with Crippen molar-refractivity contribution in [1.82, 2.24) is 14.9 Å². The van der Waals surface area contributed by atoms with Gasteiger partial charge in [-0.1, -0.05) is 11.6 Å². The van der Waals surface area contributed by atoms with Gasteiger partial charge in [-0.15, -0.1) is 0 Å². The number of aliphatic hydroxyl groups excluding tert-OH is 1. The van der Waals surface area contributed by atoms with Gasteiger partial charge < -0.3 is 30.0 Å². The number of likely N-dealkylation sites (tertiary alicyclic amines) is 1. The number of aromatic nitrogens is 2. The number of hydrogen-bond donors (Lipinski definition) is 3. The monoisotopic (exact) mass is 615 g/mol. The van der Waals surface area contributed by atoms with Crippen molar-refractivity contribution in [1.29, 1.82) is 0 Å². The highest BCUT2D eigenvalue weighted by atomic mass is 35.5. The highest BCUT2D eigenvalue weighted by Gasteiger charge is 2.54. The second-order valence-corrected chi connectivity index (χ2v) is 11.4. The molecule has 10 nitrogen and oxygen atoms in total. The highest BCUT2D eigenvalue weighted by Crippen LogP contribution is 2.51. The highest BCUT2D eigenvalue weighted by molar-refractivity contribution is 6.31. The first-order chi connectivity index (χ1) is 20.9. The fraction of sp³-hybridized carbons (Fsp3) is 0.433. The summed E-state index contributed by atoms with van der Waals surface area (Å²) in [5.74, 6) is -0.344. The zero-order chi connectivity index (χ0) is 29.9. The first kappa shape index (κ1) is 29.6. The van der Waals surface area contributed by atoms with E-state index >= 15 is 4.39 Å². The summed E-state index contributed by atoms with van der Waals surface area (Å²) in [6.07, 6.45) is 3.37. The van der Waals surface area contributed by atoms with Gasteiger partial charge in [0.2, 0.25) is 0 Å². The van der Waals surface area contributed by atoms with Crippen molar-refractivity contribution in [2.75, 3.05) is 63.3 Å².